The zero-order valence-electron chi connectivity index (χ0n) is 8.84. The predicted molar refractivity (Wildman–Crippen MR) is 72.0 cm³/mol. The van der Waals surface area contributed by atoms with Gasteiger partial charge < -0.3 is 0 Å². The molecule has 5 nitrogen and oxygen atoms in total. The Balaban J connectivity index is 2.30. The third kappa shape index (κ3) is 3.18. The summed E-state index contributed by atoms with van der Waals surface area (Å²) >= 11 is 8.83. The van der Waals surface area contributed by atoms with E-state index in [2.05, 4.69) is 30.6 Å². The summed E-state index contributed by atoms with van der Waals surface area (Å²) in [4.78, 5) is 7.71. The number of rotatable bonds is 3. The highest BCUT2D eigenvalue weighted by atomic mass is 79.9. The number of aromatic nitrogens is 2. The van der Waals surface area contributed by atoms with Crippen LogP contribution in [0.15, 0.2) is 46.2 Å². The first-order valence-corrected chi connectivity index (χ1v) is 7.38. The third-order valence-electron chi connectivity index (χ3n) is 1.96. The van der Waals surface area contributed by atoms with E-state index in [0.717, 1.165) is 0 Å². The van der Waals surface area contributed by atoms with Crippen molar-refractivity contribution < 1.29 is 8.42 Å². The van der Waals surface area contributed by atoms with Crippen LogP contribution in [0, 0.1) is 0 Å². The fourth-order valence-corrected chi connectivity index (χ4v) is 2.80. The van der Waals surface area contributed by atoms with Crippen LogP contribution in [-0.4, -0.2) is 18.4 Å². The zero-order chi connectivity index (χ0) is 13.2. The van der Waals surface area contributed by atoms with Gasteiger partial charge in [0.25, 0.3) is 10.0 Å². The highest BCUT2D eigenvalue weighted by Gasteiger charge is 2.15. The molecule has 18 heavy (non-hydrogen) atoms. The summed E-state index contributed by atoms with van der Waals surface area (Å²) in [5.74, 6) is 0.194. The summed E-state index contributed by atoms with van der Waals surface area (Å²) in [7, 11) is -3.70. The normalized spacial score (nSPS) is 11.2. The molecule has 8 heteroatoms. The summed E-state index contributed by atoms with van der Waals surface area (Å²) in [6.45, 7) is 0. The lowest BCUT2D eigenvalue weighted by Crippen LogP contribution is -2.14. The average Bonchev–Trinajstić information content (AvgIpc) is 2.32. The average molecular weight is 349 g/mol. The van der Waals surface area contributed by atoms with E-state index in [1.165, 1.54) is 30.7 Å². The van der Waals surface area contributed by atoms with Gasteiger partial charge in [-0.3, -0.25) is 9.71 Å². The molecule has 0 saturated heterocycles. The number of sulfonamides is 1. The molecule has 0 aliphatic rings. The lowest BCUT2D eigenvalue weighted by Gasteiger charge is -2.06. The van der Waals surface area contributed by atoms with Crippen molar-refractivity contribution in [2.45, 2.75) is 4.90 Å². The Kier molecular flexibility index (Phi) is 3.84. The van der Waals surface area contributed by atoms with E-state index in [4.69, 9.17) is 11.6 Å². The minimum absolute atomic E-state index is 0.0497. The molecule has 2 aromatic rings. The molecule has 0 saturated carbocycles. The maximum absolute atomic E-state index is 12.0. The van der Waals surface area contributed by atoms with Crippen LogP contribution in [-0.2, 0) is 10.0 Å². The summed E-state index contributed by atoms with van der Waals surface area (Å²) in [5, 5.41) is 0.432. The first-order chi connectivity index (χ1) is 8.47. The van der Waals surface area contributed by atoms with Crippen LogP contribution in [0.1, 0.15) is 0 Å². The Morgan fingerprint density at radius 2 is 2.00 bits per heavy atom. The highest BCUT2D eigenvalue weighted by Crippen LogP contribution is 2.18. The van der Waals surface area contributed by atoms with E-state index < -0.39 is 10.0 Å². The molecule has 1 N–H and O–H groups in total. The monoisotopic (exact) mass is 347 g/mol. The number of halogens is 2. The molecule has 0 spiro atoms. The summed E-state index contributed by atoms with van der Waals surface area (Å²) in [5.41, 5.74) is 0. The Hall–Kier alpha value is -1.18. The van der Waals surface area contributed by atoms with Crippen LogP contribution in [0.5, 0.6) is 0 Å². The van der Waals surface area contributed by atoms with Gasteiger partial charge in [0, 0.05) is 23.1 Å². The van der Waals surface area contributed by atoms with Gasteiger partial charge in [0.15, 0.2) is 0 Å². The molecule has 0 radical (unpaired) electrons. The Labute approximate surface area is 117 Å². The molecule has 0 unspecified atom stereocenters. The molecule has 2 rings (SSSR count). The molecule has 0 amide bonds. The van der Waals surface area contributed by atoms with Crippen molar-refractivity contribution in [3.05, 3.63) is 46.3 Å². The van der Waals surface area contributed by atoms with Gasteiger partial charge in [-0.15, -0.1) is 0 Å². The quantitative estimate of drug-likeness (QED) is 0.925. The van der Waals surface area contributed by atoms with E-state index in [-0.39, 0.29) is 10.7 Å². The highest BCUT2D eigenvalue weighted by molar-refractivity contribution is 9.10. The van der Waals surface area contributed by atoms with Gasteiger partial charge in [-0.05, 0) is 34.1 Å². The first-order valence-electron chi connectivity index (χ1n) is 4.72. The lowest BCUT2D eigenvalue weighted by atomic mass is 10.5. The number of pyridine rings is 2. The van der Waals surface area contributed by atoms with Gasteiger partial charge in [-0.25, -0.2) is 13.4 Å². The predicted octanol–water partition coefficient (Wildman–Crippen LogP) is 2.69. The van der Waals surface area contributed by atoms with E-state index in [1.807, 2.05) is 0 Å². The fraction of sp³-hybridized carbons (Fsp3) is 0. The minimum atomic E-state index is -3.70. The van der Waals surface area contributed by atoms with Crippen LogP contribution in [0.3, 0.4) is 0 Å². The van der Waals surface area contributed by atoms with Crippen molar-refractivity contribution in [2.75, 3.05) is 4.72 Å². The fourth-order valence-electron chi connectivity index (χ4n) is 1.17. The molecule has 2 heterocycles. The van der Waals surface area contributed by atoms with Crippen molar-refractivity contribution in [2.24, 2.45) is 0 Å². The number of hydrogen-bond acceptors (Lipinski definition) is 4. The molecule has 0 bridgehead atoms. The van der Waals surface area contributed by atoms with E-state index in [1.54, 1.807) is 6.07 Å². The van der Waals surface area contributed by atoms with Crippen LogP contribution in [0.4, 0.5) is 5.82 Å². The topological polar surface area (TPSA) is 72.0 Å². The van der Waals surface area contributed by atoms with Crippen LogP contribution < -0.4 is 4.72 Å². The molecule has 0 fully saturated rings. The van der Waals surface area contributed by atoms with Gasteiger partial charge in [0.1, 0.15) is 10.7 Å². The van der Waals surface area contributed by atoms with Crippen molar-refractivity contribution in [1.29, 1.82) is 0 Å². The van der Waals surface area contributed by atoms with E-state index in [9.17, 15) is 8.42 Å². The maximum Gasteiger partial charge on any atom is 0.264 e. The standard InChI is InChI=1S/C10H7BrClN3O2S/c11-7-3-9(6-13-4-7)18(16,17)15-10-2-1-8(12)5-14-10/h1-6H,(H,14,15). The Morgan fingerprint density at radius 3 is 2.61 bits per heavy atom. The van der Waals surface area contributed by atoms with Gasteiger partial charge in [-0.1, -0.05) is 11.6 Å². The minimum Gasteiger partial charge on any atom is -0.263 e. The lowest BCUT2D eigenvalue weighted by molar-refractivity contribution is 0.600. The molecule has 0 aromatic carbocycles. The van der Waals surface area contributed by atoms with Gasteiger partial charge >= 0.3 is 0 Å². The Bertz CT molecular complexity index is 661. The van der Waals surface area contributed by atoms with Crippen LogP contribution >= 0.6 is 27.5 Å². The molecule has 0 atom stereocenters. The largest absolute Gasteiger partial charge is 0.264 e. The van der Waals surface area contributed by atoms with Gasteiger partial charge in [-0.2, -0.15) is 0 Å². The molecular weight excluding hydrogens is 342 g/mol. The van der Waals surface area contributed by atoms with Crippen molar-refractivity contribution in [3.8, 4) is 0 Å². The SMILES string of the molecule is O=S(=O)(Nc1ccc(Cl)cn1)c1cncc(Br)c1. The van der Waals surface area contributed by atoms with E-state index >= 15 is 0 Å². The molecule has 2 aromatic heterocycles. The van der Waals surface area contributed by atoms with Crippen molar-refractivity contribution >= 4 is 43.4 Å². The second kappa shape index (κ2) is 5.21. The number of nitrogens with zero attached hydrogens (tertiary/aromatic N) is 2. The van der Waals surface area contributed by atoms with Crippen molar-refractivity contribution in [3.63, 3.8) is 0 Å². The summed E-state index contributed by atoms with van der Waals surface area (Å²) in [6, 6.07) is 4.47. The third-order valence-corrected chi connectivity index (χ3v) is 3.94. The van der Waals surface area contributed by atoms with Gasteiger partial charge in [0.05, 0.1) is 5.02 Å². The first kappa shape index (κ1) is 13.3. The van der Waals surface area contributed by atoms with Gasteiger partial charge in [0.2, 0.25) is 0 Å². The molecule has 94 valence electrons. The zero-order valence-corrected chi connectivity index (χ0v) is 12.0. The smallest absolute Gasteiger partial charge is 0.263 e. The molecule has 0 aliphatic heterocycles. The second-order valence-corrected chi connectivity index (χ2v) is 6.34. The van der Waals surface area contributed by atoms with E-state index in [0.29, 0.717) is 9.50 Å². The molecule has 0 aliphatic carbocycles. The summed E-state index contributed by atoms with van der Waals surface area (Å²) < 4.78 is 26.9. The van der Waals surface area contributed by atoms with Crippen LogP contribution in [0.2, 0.25) is 5.02 Å². The number of anilines is 1. The molecular formula is C10H7BrClN3O2S. The van der Waals surface area contributed by atoms with Crippen LogP contribution in [0.25, 0.3) is 0 Å². The van der Waals surface area contributed by atoms with Crippen molar-refractivity contribution in [1.82, 2.24) is 9.97 Å². The Morgan fingerprint density at radius 1 is 1.22 bits per heavy atom. The number of nitrogens with one attached hydrogen (secondary N) is 1. The second-order valence-electron chi connectivity index (χ2n) is 3.31. The maximum atomic E-state index is 12.0. The summed E-state index contributed by atoms with van der Waals surface area (Å²) in [6.07, 6.45) is 4.11. The number of hydrogen-bond donors (Lipinski definition) is 1.